The number of aromatic nitrogens is 4. The monoisotopic (exact) mass is 259 g/mol. The fourth-order valence-corrected chi connectivity index (χ4v) is 2.34. The van der Waals surface area contributed by atoms with E-state index in [1.54, 1.807) is 18.6 Å². The Morgan fingerprint density at radius 1 is 1.22 bits per heavy atom. The van der Waals surface area contributed by atoms with Crippen LogP contribution in [0.3, 0.4) is 0 Å². The Bertz CT molecular complexity index is 541. The molecular formula is C12H13N5S. The lowest BCUT2D eigenvalue weighted by atomic mass is 10.4. The van der Waals surface area contributed by atoms with Crippen LogP contribution >= 0.6 is 11.8 Å². The smallest absolute Gasteiger partial charge is 0.135 e. The van der Waals surface area contributed by atoms with Gasteiger partial charge in [0, 0.05) is 31.4 Å². The maximum absolute atomic E-state index is 4.58. The van der Waals surface area contributed by atoms with E-state index >= 15 is 0 Å². The highest BCUT2D eigenvalue weighted by molar-refractivity contribution is 7.99. The van der Waals surface area contributed by atoms with Gasteiger partial charge in [-0.3, -0.25) is 4.98 Å². The molecule has 0 radical (unpaired) electrons. The quantitative estimate of drug-likeness (QED) is 0.850. The van der Waals surface area contributed by atoms with E-state index in [9.17, 15) is 0 Å². The van der Waals surface area contributed by atoms with Crippen molar-refractivity contribution in [3.63, 3.8) is 0 Å². The normalized spacial score (nSPS) is 14.5. The molecule has 1 fully saturated rings. The Labute approximate surface area is 109 Å². The Hall–Kier alpha value is -1.69. The van der Waals surface area contributed by atoms with Crippen LogP contribution < -0.4 is 5.32 Å². The van der Waals surface area contributed by atoms with Crippen LogP contribution in [0.2, 0.25) is 0 Å². The fraction of sp³-hybridized carbons (Fsp3) is 0.333. The van der Waals surface area contributed by atoms with Gasteiger partial charge in [-0.1, -0.05) is 0 Å². The number of hydrogen-bond donors (Lipinski definition) is 1. The highest BCUT2D eigenvalue weighted by atomic mass is 32.2. The zero-order valence-electron chi connectivity index (χ0n) is 10.00. The lowest BCUT2D eigenvalue weighted by molar-refractivity contribution is 0.879. The molecule has 0 unspecified atom stereocenters. The van der Waals surface area contributed by atoms with Crippen molar-refractivity contribution in [2.24, 2.45) is 0 Å². The van der Waals surface area contributed by atoms with Crippen molar-refractivity contribution in [3.05, 3.63) is 30.5 Å². The maximum Gasteiger partial charge on any atom is 0.135 e. The molecule has 1 aliphatic carbocycles. The minimum Gasteiger partial charge on any atom is -0.373 e. The Balaban J connectivity index is 1.88. The van der Waals surface area contributed by atoms with E-state index in [1.165, 1.54) is 24.6 Å². The maximum atomic E-state index is 4.58. The summed E-state index contributed by atoms with van der Waals surface area (Å²) in [5, 5.41) is 4.84. The van der Waals surface area contributed by atoms with Gasteiger partial charge in [0.15, 0.2) is 0 Å². The molecule has 1 N–H and O–H groups in total. The van der Waals surface area contributed by atoms with Crippen LogP contribution in [0.1, 0.15) is 24.6 Å². The molecule has 0 atom stereocenters. The first-order chi connectivity index (χ1) is 8.85. The molecule has 2 aromatic rings. The lowest BCUT2D eigenvalue weighted by Crippen LogP contribution is -2.00. The summed E-state index contributed by atoms with van der Waals surface area (Å²) in [6.07, 6.45) is 7.48. The second-order valence-corrected chi connectivity index (χ2v) is 5.16. The van der Waals surface area contributed by atoms with E-state index in [0.717, 1.165) is 21.7 Å². The van der Waals surface area contributed by atoms with Crippen molar-refractivity contribution < 1.29 is 0 Å². The van der Waals surface area contributed by atoms with E-state index in [2.05, 4.69) is 25.3 Å². The van der Waals surface area contributed by atoms with Crippen LogP contribution in [-0.4, -0.2) is 27.0 Å². The minimum atomic E-state index is 0.541. The van der Waals surface area contributed by atoms with Crippen molar-refractivity contribution in [1.29, 1.82) is 0 Å². The molecule has 5 nitrogen and oxygen atoms in total. The van der Waals surface area contributed by atoms with Crippen LogP contribution in [0.25, 0.3) is 0 Å². The van der Waals surface area contributed by atoms with Crippen molar-refractivity contribution in [2.75, 3.05) is 12.4 Å². The molecule has 1 aliphatic rings. The second kappa shape index (κ2) is 4.89. The average Bonchev–Trinajstić information content (AvgIpc) is 3.24. The topological polar surface area (TPSA) is 63.6 Å². The summed E-state index contributed by atoms with van der Waals surface area (Å²) in [6, 6.07) is 1.94. The highest BCUT2D eigenvalue weighted by Crippen LogP contribution is 2.39. The summed E-state index contributed by atoms with van der Waals surface area (Å²) >= 11 is 1.51. The van der Waals surface area contributed by atoms with Gasteiger partial charge in [0.2, 0.25) is 0 Å². The third-order valence-corrected chi connectivity index (χ3v) is 3.51. The van der Waals surface area contributed by atoms with E-state index < -0.39 is 0 Å². The largest absolute Gasteiger partial charge is 0.373 e. The van der Waals surface area contributed by atoms with Crippen molar-refractivity contribution >= 4 is 17.6 Å². The molecule has 0 aliphatic heterocycles. The molecule has 2 aromatic heterocycles. The van der Waals surface area contributed by atoms with Gasteiger partial charge in [0.25, 0.3) is 0 Å². The molecule has 6 heteroatoms. The van der Waals surface area contributed by atoms with E-state index in [4.69, 9.17) is 0 Å². The molecule has 0 bridgehead atoms. The lowest BCUT2D eigenvalue weighted by Gasteiger charge is -2.06. The molecule has 3 rings (SSSR count). The summed E-state index contributed by atoms with van der Waals surface area (Å²) in [5.74, 6) is 2.34. The van der Waals surface area contributed by atoms with Crippen LogP contribution in [0.4, 0.5) is 5.82 Å². The molecule has 2 heterocycles. The molecule has 18 heavy (non-hydrogen) atoms. The third kappa shape index (κ3) is 2.59. The molecule has 0 spiro atoms. The summed E-state index contributed by atoms with van der Waals surface area (Å²) in [6.45, 7) is 0. The molecule has 92 valence electrons. The first-order valence-corrected chi connectivity index (χ1v) is 6.67. The van der Waals surface area contributed by atoms with Crippen molar-refractivity contribution in [3.8, 4) is 0 Å². The van der Waals surface area contributed by atoms with Gasteiger partial charge < -0.3 is 5.32 Å². The first kappa shape index (κ1) is 11.4. The standard InChI is InChI=1S/C12H13N5S/c1-13-9-6-10(17-12(16-9)8-2-3-8)18-11-7-14-4-5-15-11/h4-8H,2-3H2,1H3,(H,13,16,17). The zero-order chi connectivity index (χ0) is 12.4. The average molecular weight is 259 g/mol. The predicted molar refractivity (Wildman–Crippen MR) is 69.7 cm³/mol. The fourth-order valence-electron chi connectivity index (χ4n) is 1.59. The Kier molecular flexibility index (Phi) is 3.10. The molecular weight excluding hydrogens is 246 g/mol. The molecule has 0 amide bonds. The van der Waals surface area contributed by atoms with Gasteiger partial charge in [-0.05, 0) is 24.6 Å². The van der Waals surface area contributed by atoms with Crippen molar-refractivity contribution in [2.45, 2.75) is 28.8 Å². The van der Waals surface area contributed by atoms with Crippen LogP contribution in [0.15, 0.2) is 34.7 Å². The van der Waals surface area contributed by atoms with Gasteiger partial charge in [-0.2, -0.15) is 0 Å². The molecule has 1 saturated carbocycles. The number of hydrogen-bond acceptors (Lipinski definition) is 6. The van der Waals surface area contributed by atoms with Gasteiger partial charge in [-0.25, -0.2) is 15.0 Å². The van der Waals surface area contributed by atoms with Gasteiger partial charge in [-0.15, -0.1) is 0 Å². The molecule has 0 aromatic carbocycles. The summed E-state index contributed by atoms with van der Waals surface area (Å²) in [5.41, 5.74) is 0. The predicted octanol–water partition coefficient (Wildman–Crippen LogP) is 2.34. The van der Waals surface area contributed by atoms with Gasteiger partial charge in [0.1, 0.15) is 21.7 Å². The van der Waals surface area contributed by atoms with Crippen LogP contribution in [0.5, 0.6) is 0 Å². The number of nitrogens with zero attached hydrogens (tertiary/aromatic N) is 4. The van der Waals surface area contributed by atoms with Gasteiger partial charge in [0.05, 0.1) is 6.20 Å². The van der Waals surface area contributed by atoms with E-state index in [0.29, 0.717) is 5.92 Å². The second-order valence-electron chi connectivity index (χ2n) is 4.12. The number of rotatable bonds is 4. The van der Waals surface area contributed by atoms with Crippen molar-refractivity contribution in [1.82, 2.24) is 19.9 Å². The zero-order valence-corrected chi connectivity index (χ0v) is 10.8. The molecule has 0 saturated heterocycles. The van der Waals surface area contributed by atoms with E-state index in [-0.39, 0.29) is 0 Å². The van der Waals surface area contributed by atoms with Crippen LogP contribution in [-0.2, 0) is 0 Å². The van der Waals surface area contributed by atoms with Crippen LogP contribution in [0, 0.1) is 0 Å². The van der Waals surface area contributed by atoms with E-state index in [1.807, 2.05) is 13.1 Å². The summed E-state index contributed by atoms with van der Waals surface area (Å²) < 4.78 is 0. The SMILES string of the molecule is CNc1cc(Sc2cnccn2)nc(C2CC2)n1. The Morgan fingerprint density at radius 3 is 2.78 bits per heavy atom. The number of nitrogens with one attached hydrogen (secondary N) is 1. The minimum absolute atomic E-state index is 0.541. The highest BCUT2D eigenvalue weighted by Gasteiger charge is 2.27. The first-order valence-electron chi connectivity index (χ1n) is 5.86. The third-order valence-electron chi connectivity index (χ3n) is 2.67. The summed E-state index contributed by atoms with van der Waals surface area (Å²) in [4.78, 5) is 17.4. The Morgan fingerprint density at radius 2 is 2.11 bits per heavy atom. The number of anilines is 1. The van der Waals surface area contributed by atoms with Gasteiger partial charge >= 0.3 is 0 Å². The summed E-state index contributed by atoms with van der Waals surface area (Å²) in [7, 11) is 1.87.